The fourth-order valence-electron chi connectivity index (χ4n) is 3.36. The Morgan fingerprint density at radius 2 is 1.86 bits per heavy atom. The molecule has 148 valence electrons. The van der Waals surface area contributed by atoms with E-state index in [-0.39, 0.29) is 23.6 Å². The predicted octanol–water partition coefficient (Wildman–Crippen LogP) is 5.47. The van der Waals surface area contributed by atoms with Crippen LogP contribution in [0.3, 0.4) is 0 Å². The maximum atomic E-state index is 13.1. The number of rotatable bonds is 4. The predicted molar refractivity (Wildman–Crippen MR) is 98.6 cm³/mol. The summed E-state index contributed by atoms with van der Waals surface area (Å²) in [5.41, 5.74) is 1.37. The topological polar surface area (TPSA) is 59.4 Å². The maximum absolute atomic E-state index is 13.1. The number of phenols is 1. The average molecular weight is 391 g/mol. The summed E-state index contributed by atoms with van der Waals surface area (Å²) in [6.07, 6.45) is -1.73. The monoisotopic (exact) mass is 391 g/mol. The van der Waals surface area contributed by atoms with Crippen LogP contribution < -0.4 is 0 Å². The van der Waals surface area contributed by atoms with E-state index in [1.165, 1.54) is 6.07 Å². The lowest BCUT2D eigenvalue weighted by molar-refractivity contribution is -0.137. The summed E-state index contributed by atoms with van der Waals surface area (Å²) in [7, 11) is 0. The second-order valence-corrected chi connectivity index (χ2v) is 6.52. The number of benzene rings is 1. The van der Waals surface area contributed by atoms with Crippen LogP contribution in [0.4, 0.5) is 13.2 Å². The van der Waals surface area contributed by atoms with Gasteiger partial charge in [0, 0.05) is 5.56 Å². The number of allylic oxidation sites excluding steroid dienone is 2. The zero-order valence-corrected chi connectivity index (χ0v) is 15.3. The van der Waals surface area contributed by atoms with E-state index in [2.05, 4.69) is 4.98 Å². The number of aromatic hydroxyl groups is 1. The van der Waals surface area contributed by atoms with Crippen LogP contribution in [-0.4, -0.2) is 22.7 Å². The maximum Gasteiger partial charge on any atom is 0.416 e. The number of hydrogen-bond donors (Lipinski definition) is 1. The van der Waals surface area contributed by atoms with Gasteiger partial charge in [0.25, 0.3) is 0 Å². The molecule has 0 bridgehead atoms. The third kappa shape index (κ3) is 4.18. The van der Waals surface area contributed by atoms with Gasteiger partial charge in [-0.25, -0.2) is 9.78 Å². The van der Waals surface area contributed by atoms with Crippen molar-refractivity contribution in [3.8, 4) is 5.75 Å². The molecule has 28 heavy (non-hydrogen) atoms. The standard InChI is InChI=1S/C21H20F3NO3/c1-2-28-20(27)18-9-5-8-17(25-18)15-7-4-3-6-14(15)16-12-13(21(22,23)24)10-11-19(16)26/h5,8-12,26H,2-4,6-7H2,1H3. The molecule has 1 aliphatic carbocycles. The SMILES string of the molecule is CCOC(=O)c1cccc(C2=C(c3cc(C(F)(F)F)ccc3O)CCCC2)n1. The van der Waals surface area contributed by atoms with E-state index in [0.717, 1.165) is 36.6 Å². The summed E-state index contributed by atoms with van der Waals surface area (Å²) < 4.78 is 44.4. The lowest BCUT2D eigenvalue weighted by atomic mass is 9.84. The fraction of sp³-hybridized carbons (Fsp3) is 0.333. The van der Waals surface area contributed by atoms with E-state index in [0.29, 0.717) is 24.1 Å². The van der Waals surface area contributed by atoms with Crippen molar-refractivity contribution >= 4 is 17.1 Å². The first-order valence-electron chi connectivity index (χ1n) is 9.08. The molecule has 0 atom stereocenters. The minimum Gasteiger partial charge on any atom is -0.507 e. The second-order valence-electron chi connectivity index (χ2n) is 6.52. The number of ether oxygens (including phenoxy) is 1. The summed E-state index contributed by atoms with van der Waals surface area (Å²) in [5.74, 6) is -0.756. The molecule has 1 aliphatic rings. The number of halogens is 3. The van der Waals surface area contributed by atoms with E-state index >= 15 is 0 Å². The molecule has 3 rings (SSSR count). The third-order valence-electron chi connectivity index (χ3n) is 4.66. The Labute approximate surface area is 160 Å². The molecule has 0 spiro atoms. The summed E-state index contributed by atoms with van der Waals surface area (Å²) in [5, 5.41) is 10.2. The summed E-state index contributed by atoms with van der Waals surface area (Å²) in [4.78, 5) is 16.3. The molecular formula is C21H20F3NO3. The van der Waals surface area contributed by atoms with Crippen LogP contribution in [0.15, 0.2) is 36.4 Å². The van der Waals surface area contributed by atoms with E-state index in [9.17, 15) is 23.1 Å². The van der Waals surface area contributed by atoms with Crippen LogP contribution in [0, 0.1) is 0 Å². The molecule has 0 fully saturated rings. The van der Waals surface area contributed by atoms with E-state index in [1.807, 2.05) is 0 Å². The number of phenolic OH excluding ortho intramolecular Hbond substituents is 1. The number of carbonyl (C=O) groups excluding carboxylic acids is 1. The summed E-state index contributed by atoms with van der Waals surface area (Å²) in [6.45, 7) is 1.91. The fourth-order valence-corrected chi connectivity index (χ4v) is 3.36. The van der Waals surface area contributed by atoms with E-state index in [1.54, 1.807) is 19.1 Å². The number of nitrogens with zero attached hydrogens (tertiary/aromatic N) is 1. The summed E-state index contributed by atoms with van der Waals surface area (Å²) >= 11 is 0. The first kappa shape index (κ1) is 19.9. The average Bonchev–Trinajstić information content (AvgIpc) is 2.68. The molecule has 0 unspecified atom stereocenters. The zero-order valence-electron chi connectivity index (χ0n) is 15.3. The number of esters is 1. The highest BCUT2D eigenvalue weighted by Crippen LogP contribution is 2.42. The second kappa shape index (κ2) is 8.04. The van der Waals surface area contributed by atoms with Gasteiger partial charge in [-0.15, -0.1) is 0 Å². The van der Waals surface area contributed by atoms with Gasteiger partial charge >= 0.3 is 12.1 Å². The highest BCUT2D eigenvalue weighted by atomic mass is 19.4. The first-order valence-corrected chi connectivity index (χ1v) is 9.08. The van der Waals surface area contributed by atoms with Crippen molar-refractivity contribution < 1.29 is 27.8 Å². The molecule has 0 radical (unpaired) electrons. The smallest absolute Gasteiger partial charge is 0.416 e. The van der Waals surface area contributed by atoms with Crippen LogP contribution in [0.1, 0.15) is 59.9 Å². The van der Waals surface area contributed by atoms with Gasteiger partial charge in [0.2, 0.25) is 0 Å². The van der Waals surface area contributed by atoms with Gasteiger partial charge in [-0.2, -0.15) is 13.2 Å². The molecule has 0 saturated carbocycles. The van der Waals surface area contributed by atoms with Gasteiger partial charge < -0.3 is 9.84 Å². The highest BCUT2D eigenvalue weighted by molar-refractivity contribution is 5.93. The number of pyridine rings is 1. The minimum atomic E-state index is -4.50. The van der Waals surface area contributed by atoms with Crippen LogP contribution in [-0.2, 0) is 10.9 Å². The number of carbonyl (C=O) groups is 1. The number of alkyl halides is 3. The molecule has 1 N–H and O–H groups in total. The molecule has 1 aromatic carbocycles. The van der Waals surface area contributed by atoms with Gasteiger partial charge in [-0.3, -0.25) is 0 Å². The van der Waals surface area contributed by atoms with Crippen LogP contribution in [0.2, 0.25) is 0 Å². The molecule has 4 nitrogen and oxygen atoms in total. The van der Waals surface area contributed by atoms with Crippen molar-refractivity contribution in [2.24, 2.45) is 0 Å². The molecule has 0 amide bonds. The van der Waals surface area contributed by atoms with Gasteiger partial charge in [0.15, 0.2) is 0 Å². The zero-order chi connectivity index (χ0) is 20.3. The molecule has 0 aliphatic heterocycles. The lowest BCUT2D eigenvalue weighted by Crippen LogP contribution is -2.10. The van der Waals surface area contributed by atoms with Crippen LogP contribution >= 0.6 is 0 Å². The molecule has 0 saturated heterocycles. The Morgan fingerprint density at radius 1 is 1.14 bits per heavy atom. The Balaban J connectivity index is 2.11. The Kier molecular flexibility index (Phi) is 5.72. The molecule has 1 heterocycles. The van der Waals surface area contributed by atoms with Gasteiger partial charge in [-0.1, -0.05) is 6.07 Å². The van der Waals surface area contributed by atoms with Crippen molar-refractivity contribution in [1.82, 2.24) is 4.98 Å². The quantitative estimate of drug-likeness (QED) is 0.703. The number of hydrogen-bond acceptors (Lipinski definition) is 4. The normalized spacial score (nSPS) is 14.9. The van der Waals surface area contributed by atoms with Crippen LogP contribution in [0.25, 0.3) is 11.1 Å². The first-order chi connectivity index (χ1) is 13.3. The largest absolute Gasteiger partial charge is 0.507 e. The van der Waals surface area contributed by atoms with Crippen molar-refractivity contribution in [3.63, 3.8) is 0 Å². The van der Waals surface area contributed by atoms with Gasteiger partial charge in [0.05, 0.1) is 17.9 Å². The Bertz CT molecular complexity index is 919. The summed E-state index contributed by atoms with van der Waals surface area (Å²) in [6, 6.07) is 7.83. The highest BCUT2D eigenvalue weighted by Gasteiger charge is 2.32. The lowest BCUT2D eigenvalue weighted by Gasteiger charge is -2.22. The molecular weight excluding hydrogens is 371 g/mol. The van der Waals surface area contributed by atoms with Crippen molar-refractivity contribution in [3.05, 3.63) is 58.9 Å². The Hall–Kier alpha value is -2.83. The van der Waals surface area contributed by atoms with Gasteiger partial charge in [-0.05, 0) is 74.1 Å². The van der Waals surface area contributed by atoms with Crippen molar-refractivity contribution in [1.29, 1.82) is 0 Å². The van der Waals surface area contributed by atoms with Crippen molar-refractivity contribution in [2.75, 3.05) is 6.61 Å². The molecule has 2 aromatic rings. The molecule has 1 aromatic heterocycles. The van der Waals surface area contributed by atoms with Crippen molar-refractivity contribution in [2.45, 2.75) is 38.8 Å². The number of aromatic nitrogens is 1. The molecule has 7 heteroatoms. The van der Waals surface area contributed by atoms with E-state index < -0.39 is 17.7 Å². The third-order valence-corrected chi connectivity index (χ3v) is 4.66. The Morgan fingerprint density at radius 3 is 2.54 bits per heavy atom. The van der Waals surface area contributed by atoms with E-state index in [4.69, 9.17) is 4.74 Å². The van der Waals surface area contributed by atoms with Gasteiger partial charge in [0.1, 0.15) is 11.4 Å². The minimum absolute atomic E-state index is 0.144. The van der Waals surface area contributed by atoms with Crippen LogP contribution in [0.5, 0.6) is 5.75 Å².